The molecular weight excluding hydrogens is 318 g/mol. The highest BCUT2D eigenvalue weighted by Crippen LogP contribution is 2.30. The Hall–Kier alpha value is -1.52. The van der Waals surface area contributed by atoms with Gasteiger partial charge in [0, 0.05) is 21.3 Å². The van der Waals surface area contributed by atoms with E-state index in [0.29, 0.717) is 16.3 Å². The third kappa shape index (κ3) is 3.03. The van der Waals surface area contributed by atoms with Gasteiger partial charge >= 0.3 is 0 Å². The van der Waals surface area contributed by atoms with Crippen LogP contribution in [-0.2, 0) is 0 Å². The maximum atomic E-state index is 9.62. The Morgan fingerprint density at radius 2 is 1.78 bits per heavy atom. The summed E-state index contributed by atoms with van der Waals surface area (Å²) in [6.07, 6.45) is 1.45. The summed E-state index contributed by atoms with van der Waals surface area (Å²) in [5.74, 6) is 0.147. The fourth-order valence-corrected chi connectivity index (χ4v) is 1.90. The molecule has 0 bridgehead atoms. The zero-order chi connectivity index (χ0) is 13.1. The van der Waals surface area contributed by atoms with Gasteiger partial charge in [-0.1, -0.05) is 27.5 Å². The molecule has 0 fully saturated rings. The van der Waals surface area contributed by atoms with Crippen molar-refractivity contribution >= 4 is 39.4 Å². The lowest BCUT2D eigenvalue weighted by molar-refractivity contribution is 0.474. The largest absolute Gasteiger partial charge is 0.507 e. The second-order valence-corrected chi connectivity index (χ2v) is 4.95. The summed E-state index contributed by atoms with van der Waals surface area (Å²) in [5.41, 5.74) is 0.894. The molecule has 92 valence electrons. The summed E-state index contributed by atoms with van der Waals surface area (Å²) in [7, 11) is 0. The number of phenols is 2. The fourth-order valence-electron chi connectivity index (χ4n) is 1.37. The van der Waals surface area contributed by atoms with Gasteiger partial charge in [-0.25, -0.2) is 0 Å². The van der Waals surface area contributed by atoms with E-state index in [1.807, 2.05) is 0 Å². The van der Waals surface area contributed by atoms with E-state index in [1.54, 1.807) is 24.3 Å². The van der Waals surface area contributed by atoms with Crippen molar-refractivity contribution in [1.29, 1.82) is 0 Å². The first-order valence-corrected chi connectivity index (χ1v) is 6.24. The average Bonchev–Trinajstić information content (AvgIpc) is 2.34. The third-order valence-corrected chi connectivity index (χ3v) is 3.00. The zero-order valence-corrected chi connectivity index (χ0v) is 11.5. The number of halogens is 2. The minimum atomic E-state index is 0.0657. The Labute approximate surface area is 118 Å². The normalized spacial score (nSPS) is 11.0. The van der Waals surface area contributed by atoms with Crippen LogP contribution < -0.4 is 0 Å². The number of benzene rings is 2. The first-order chi connectivity index (χ1) is 8.56. The summed E-state index contributed by atoms with van der Waals surface area (Å²) >= 11 is 9.12. The highest BCUT2D eigenvalue weighted by molar-refractivity contribution is 9.10. The van der Waals surface area contributed by atoms with Gasteiger partial charge in [-0.15, -0.1) is 0 Å². The second-order valence-electron chi connectivity index (χ2n) is 3.59. The van der Waals surface area contributed by atoms with Gasteiger partial charge in [-0.05, 0) is 36.4 Å². The molecule has 2 N–H and O–H groups in total. The first kappa shape index (κ1) is 12.9. The Balaban J connectivity index is 2.35. The Kier molecular flexibility index (Phi) is 3.89. The molecule has 0 atom stereocenters. The van der Waals surface area contributed by atoms with E-state index in [1.165, 1.54) is 18.3 Å². The molecular formula is C13H9BrClNO2. The minimum absolute atomic E-state index is 0.0657. The van der Waals surface area contributed by atoms with Crippen molar-refractivity contribution in [3.63, 3.8) is 0 Å². The van der Waals surface area contributed by atoms with E-state index >= 15 is 0 Å². The van der Waals surface area contributed by atoms with Crippen LogP contribution in [0.1, 0.15) is 5.56 Å². The van der Waals surface area contributed by atoms with Gasteiger partial charge in [0.2, 0.25) is 0 Å². The molecule has 0 amide bonds. The van der Waals surface area contributed by atoms with Crippen molar-refractivity contribution in [2.75, 3.05) is 0 Å². The molecule has 0 saturated carbocycles. The van der Waals surface area contributed by atoms with Crippen LogP contribution in [0, 0.1) is 0 Å². The van der Waals surface area contributed by atoms with E-state index in [9.17, 15) is 10.2 Å². The number of hydrogen-bond donors (Lipinski definition) is 2. The van der Waals surface area contributed by atoms with Crippen LogP contribution in [0.25, 0.3) is 0 Å². The van der Waals surface area contributed by atoms with E-state index in [0.717, 1.165) is 4.47 Å². The quantitative estimate of drug-likeness (QED) is 0.810. The van der Waals surface area contributed by atoms with E-state index < -0.39 is 0 Å². The molecule has 2 aromatic carbocycles. The van der Waals surface area contributed by atoms with Crippen molar-refractivity contribution in [2.24, 2.45) is 4.99 Å². The second kappa shape index (κ2) is 5.42. The van der Waals surface area contributed by atoms with Crippen molar-refractivity contribution in [3.8, 4) is 11.5 Å². The molecule has 2 rings (SSSR count). The maximum absolute atomic E-state index is 9.62. The number of aromatic hydroxyl groups is 2. The zero-order valence-electron chi connectivity index (χ0n) is 9.14. The molecule has 0 heterocycles. The smallest absolute Gasteiger partial charge is 0.141 e. The van der Waals surface area contributed by atoms with Crippen LogP contribution in [0.3, 0.4) is 0 Å². The van der Waals surface area contributed by atoms with Crippen molar-refractivity contribution in [2.45, 2.75) is 0 Å². The van der Waals surface area contributed by atoms with Crippen molar-refractivity contribution in [3.05, 3.63) is 51.5 Å². The molecule has 0 spiro atoms. The molecule has 0 aromatic heterocycles. The number of rotatable bonds is 2. The Morgan fingerprint density at radius 3 is 2.56 bits per heavy atom. The number of hydrogen-bond acceptors (Lipinski definition) is 3. The highest BCUT2D eigenvalue weighted by Gasteiger charge is 2.02. The van der Waals surface area contributed by atoms with Gasteiger partial charge in [-0.2, -0.15) is 0 Å². The molecule has 0 saturated heterocycles. The summed E-state index contributed by atoms with van der Waals surface area (Å²) < 4.78 is 0.808. The number of nitrogens with zero attached hydrogens (tertiary/aromatic N) is 1. The number of phenolic OH excluding ortho intramolecular Hbond substituents is 2. The lowest BCUT2D eigenvalue weighted by atomic mass is 10.2. The predicted octanol–water partition coefficient (Wildman–Crippen LogP) is 4.26. The van der Waals surface area contributed by atoms with Gasteiger partial charge in [-0.3, -0.25) is 4.99 Å². The molecule has 0 aliphatic heterocycles. The lowest BCUT2D eigenvalue weighted by Gasteiger charge is -2.01. The SMILES string of the molecule is Oc1ccc(Cl)cc1C=Nc1cc(Br)ccc1O. The summed E-state index contributed by atoms with van der Waals surface area (Å²) in [5, 5.41) is 19.7. The van der Waals surface area contributed by atoms with Crippen LogP contribution in [0.15, 0.2) is 45.9 Å². The standard InChI is InChI=1S/C13H9BrClNO2/c14-9-1-3-13(18)11(6-9)16-7-8-5-10(15)2-4-12(8)17/h1-7,17-18H. The fraction of sp³-hybridized carbons (Fsp3) is 0. The van der Waals surface area contributed by atoms with E-state index in [2.05, 4.69) is 20.9 Å². The monoisotopic (exact) mass is 325 g/mol. The van der Waals surface area contributed by atoms with Gasteiger partial charge in [0.1, 0.15) is 17.2 Å². The molecule has 5 heteroatoms. The van der Waals surface area contributed by atoms with Gasteiger partial charge in [0.15, 0.2) is 0 Å². The van der Waals surface area contributed by atoms with Gasteiger partial charge in [0.25, 0.3) is 0 Å². The number of aliphatic imine (C=N–C) groups is 1. The predicted molar refractivity (Wildman–Crippen MR) is 76.2 cm³/mol. The molecule has 0 radical (unpaired) electrons. The summed E-state index contributed by atoms with van der Waals surface area (Å²) in [4.78, 5) is 4.12. The topological polar surface area (TPSA) is 52.8 Å². The van der Waals surface area contributed by atoms with Crippen LogP contribution in [0.5, 0.6) is 11.5 Å². The Morgan fingerprint density at radius 1 is 1.06 bits per heavy atom. The molecule has 0 aliphatic carbocycles. The third-order valence-electron chi connectivity index (χ3n) is 2.27. The lowest BCUT2D eigenvalue weighted by Crippen LogP contribution is -1.82. The molecule has 2 aromatic rings. The van der Waals surface area contributed by atoms with Crippen molar-refractivity contribution in [1.82, 2.24) is 0 Å². The van der Waals surface area contributed by atoms with E-state index in [4.69, 9.17) is 11.6 Å². The van der Waals surface area contributed by atoms with Crippen LogP contribution in [0.4, 0.5) is 5.69 Å². The maximum Gasteiger partial charge on any atom is 0.141 e. The highest BCUT2D eigenvalue weighted by atomic mass is 79.9. The molecule has 3 nitrogen and oxygen atoms in total. The molecule has 18 heavy (non-hydrogen) atoms. The van der Waals surface area contributed by atoms with Gasteiger partial charge < -0.3 is 10.2 Å². The minimum Gasteiger partial charge on any atom is -0.507 e. The van der Waals surface area contributed by atoms with Crippen LogP contribution in [0.2, 0.25) is 5.02 Å². The summed E-state index contributed by atoms with van der Waals surface area (Å²) in [6, 6.07) is 9.60. The van der Waals surface area contributed by atoms with Crippen LogP contribution >= 0.6 is 27.5 Å². The average molecular weight is 327 g/mol. The summed E-state index contributed by atoms with van der Waals surface area (Å²) in [6.45, 7) is 0. The van der Waals surface area contributed by atoms with Crippen molar-refractivity contribution < 1.29 is 10.2 Å². The van der Waals surface area contributed by atoms with E-state index in [-0.39, 0.29) is 11.5 Å². The van der Waals surface area contributed by atoms with Gasteiger partial charge in [0.05, 0.1) is 0 Å². The first-order valence-electron chi connectivity index (χ1n) is 5.07. The molecule has 0 unspecified atom stereocenters. The molecule has 0 aliphatic rings. The Bertz CT molecular complexity index is 560. The van der Waals surface area contributed by atoms with Crippen LogP contribution in [-0.4, -0.2) is 16.4 Å².